The third-order valence-corrected chi connectivity index (χ3v) is 5.65. The minimum Gasteiger partial charge on any atom is -0.497 e. The summed E-state index contributed by atoms with van der Waals surface area (Å²) < 4.78 is 40.4. The molecule has 0 atom stereocenters. The van der Waals surface area contributed by atoms with E-state index in [1.165, 1.54) is 38.5 Å². The normalized spacial score (nSPS) is 11.1. The van der Waals surface area contributed by atoms with Crippen molar-refractivity contribution in [1.82, 2.24) is 10.2 Å². The van der Waals surface area contributed by atoms with E-state index in [9.17, 15) is 13.2 Å². The van der Waals surface area contributed by atoms with E-state index in [-0.39, 0.29) is 16.8 Å². The molecule has 0 spiro atoms. The van der Waals surface area contributed by atoms with Crippen LogP contribution in [0.4, 0.5) is 6.01 Å². The smallest absolute Gasteiger partial charge is 0.322 e. The molecule has 1 heterocycles. The van der Waals surface area contributed by atoms with Crippen molar-refractivity contribution in [2.24, 2.45) is 0 Å². The van der Waals surface area contributed by atoms with Crippen LogP contribution >= 0.6 is 11.6 Å². The zero-order valence-electron chi connectivity index (χ0n) is 15.4. The number of carbonyl (C=O) groups is 1. The molecule has 0 fully saturated rings. The molecule has 11 heteroatoms. The summed E-state index contributed by atoms with van der Waals surface area (Å²) in [7, 11) is -0.855. The molecule has 152 valence electrons. The highest BCUT2D eigenvalue weighted by Gasteiger charge is 2.21. The summed E-state index contributed by atoms with van der Waals surface area (Å²) in [6.45, 7) is 0. The van der Waals surface area contributed by atoms with Gasteiger partial charge in [-0.3, -0.25) is 10.1 Å². The second-order valence-electron chi connectivity index (χ2n) is 5.77. The number of amides is 1. The van der Waals surface area contributed by atoms with Gasteiger partial charge >= 0.3 is 6.01 Å². The van der Waals surface area contributed by atoms with Crippen molar-refractivity contribution in [2.45, 2.75) is 4.90 Å². The van der Waals surface area contributed by atoms with Gasteiger partial charge in [0.2, 0.25) is 11.8 Å². The second-order valence-corrected chi connectivity index (χ2v) is 8.20. The third-order valence-electron chi connectivity index (χ3n) is 3.76. The van der Waals surface area contributed by atoms with Crippen LogP contribution in [-0.2, 0) is 14.6 Å². The van der Waals surface area contributed by atoms with Gasteiger partial charge in [-0.15, -0.1) is 5.10 Å². The number of nitrogens with one attached hydrogen (secondary N) is 1. The van der Waals surface area contributed by atoms with Gasteiger partial charge in [-0.25, -0.2) is 8.42 Å². The largest absolute Gasteiger partial charge is 0.497 e. The van der Waals surface area contributed by atoms with Gasteiger partial charge in [0.15, 0.2) is 9.84 Å². The molecule has 29 heavy (non-hydrogen) atoms. The Bertz CT molecular complexity index is 1110. The number of hydrogen-bond acceptors (Lipinski definition) is 8. The maximum absolute atomic E-state index is 12.3. The fourth-order valence-corrected chi connectivity index (χ4v) is 3.64. The highest BCUT2D eigenvalue weighted by atomic mass is 35.5. The van der Waals surface area contributed by atoms with E-state index in [0.717, 1.165) is 0 Å². The number of anilines is 1. The van der Waals surface area contributed by atoms with Crippen molar-refractivity contribution in [2.75, 3.05) is 25.3 Å². The van der Waals surface area contributed by atoms with E-state index in [1.807, 2.05) is 0 Å². The number of hydrogen-bond donors (Lipinski definition) is 1. The van der Waals surface area contributed by atoms with Gasteiger partial charge in [0, 0.05) is 16.7 Å². The molecule has 9 nitrogen and oxygen atoms in total. The van der Waals surface area contributed by atoms with E-state index in [1.54, 1.807) is 18.2 Å². The molecule has 0 saturated carbocycles. The Morgan fingerprint density at radius 3 is 2.28 bits per heavy atom. The molecule has 0 saturated heterocycles. The van der Waals surface area contributed by atoms with Crippen molar-refractivity contribution in [3.63, 3.8) is 0 Å². The zero-order valence-corrected chi connectivity index (χ0v) is 17.0. The van der Waals surface area contributed by atoms with Gasteiger partial charge in [-0.1, -0.05) is 16.7 Å². The fraction of sp³-hybridized carbons (Fsp3) is 0.167. The molecule has 0 aliphatic heterocycles. The number of sulfone groups is 1. The molecule has 1 aromatic heterocycles. The lowest BCUT2D eigenvalue weighted by atomic mass is 10.2. The Labute approximate surface area is 171 Å². The van der Waals surface area contributed by atoms with E-state index < -0.39 is 21.5 Å². The molecule has 1 N–H and O–H groups in total. The predicted molar refractivity (Wildman–Crippen MR) is 105 cm³/mol. The number of carbonyl (C=O) groups excluding carboxylic acids is 1. The van der Waals surface area contributed by atoms with E-state index in [0.29, 0.717) is 22.1 Å². The summed E-state index contributed by atoms with van der Waals surface area (Å²) in [6, 6.07) is 10.2. The molecular weight excluding hydrogens is 422 g/mol. The first-order chi connectivity index (χ1) is 13.8. The molecule has 0 aliphatic carbocycles. The lowest BCUT2D eigenvalue weighted by Crippen LogP contribution is -2.23. The molecule has 3 aromatic rings. The van der Waals surface area contributed by atoms with E-state index >= 15 is 0 Å². The monoisotopic (exact) mass is 437 g/mol. The Morgan fingerprint density at radius 2 is 1.69 bits per heavy atom. The van der Waals surface area contributed by atoms with Crippen molar-refractivity contribution in [3.8, 4) is 23.0 Å². The van der Waals surface area contributed by atoms with Crippen molar-refractivity contribution >= 4 is 33.4 Å². The van der Waals surface area contributed by atoms with Gasteiger partial charge < -0.3 is 13.9 Å². The Morgan fingerprint density at radius 1 is 1.07 bits per heavy atom. The summed E-state index contributed by atoms with van der Waals surface area (Å²) in [6.07, 6.45) is 0. The number of benzene rings is 2. The van der Waals surface area contributed by atoms with Crippen LogP contribution in [0.3, 0.4) is 0 Å². The maximum atomic E-state index is 12.3. The maximum Gasteiger partial charge on any atom is 0.322 e. The van der Waals surface area contributed by atoms with Crippen LogP contribution in [0.15, 0.2) is 51.8 Å². The molecule has 0 unspecified atom stereocenters. The molecule has 0 radical (unpaired) electrons. The lowest BCUT2D eigenvalue weighted by molar-refractivity contribution is -0.114. The van der Waals surface area contributed by atoms with Crippen LogP contribution in [0.1, 0.15) is 0 Å². The summed E-state index contributed by atoms with van der Waals surface area (Å²) in [4.78, 5) is 12.1. The SMILES string of the molecule is COc1cc(OC)cc(-c2nnc(NC(=O)CS(=O)(=O)c3ccc(Cl)cc3)o2)c1. The van der Waals surface area contributed by atoms with Gasteiger partial charge in [-0.2, -0.15) is 0 Å². The van der Waals surface area contributed by atoms with Crippen LogP contribution in [0, 0.1) is 0 Å². The molecular formula is C18H16ClN3O6S. The van der Waals surface area contributed by atoms with Crippen molar-refractivity contribution in [1.29, 1.82) is 0 Å². The molecule has 3 rings (SSSR count). The first kappa shape index (κ1) is 20.6. The Kier molecular flexibility index (Phi) is 6.04. The van der Waals surface area contributed by atoms with Crippen LogP contribution in [0.2, 0.25) is 5.02 Å². The Hall–Kier alpha value is -3.11. The number of ether oxygens (including phenoxy) is 2. The number of aromatic nitrogens is 2. The summed E-state index contributed by atoms with van der Waals surface area (Å²) >= 11 is 5.75. The van der Waals surface area contributed by atoms with Crippen LogP contribution in [0.25, 0.3) is 11.5 Å². The van der Waals surface area contributed by atoms with E-state index in [4.69, 9.17) is 25.5 Å². The summed E-state index contributed by atoms with van der Waals surface area (Å²) in [5.41, 5.74) is 0.503. The number of methoxy groups -OCH3 is 2. The standard InChI is InChI=1S/C18H16ClN3O6S/c1-26-13-7-11(8-14(9-13)27-2)17-21-22-18(28-17)20-16(23)10-29(24,25)15-5-3-12(19)4-6-15/h3-9H,10H2,1-2H3,(H,20,22,23). The summed E-state index contributed by atoms with van der Waals surface area (Å²) in [5.74, 6) is -0.495. The average molecular weight is 438 g/mol. The van der Waals surface area contributed by atoms with Crippen LogP contribution < -0.4 is 14.8 Å². The lowest BCUT2D eigenvalue weighted by Gasteiger charge is -2.06. The van der Waals surface area contributed by atoms with Crippen molar-refractivity contribution in [3.05, 3.63) is 47.5 Å². The van der Waals surface area contributed by atoms with Gasteiger partial charge in [0.05, 0.1) is 19.1 Å². The number of nitrogens with zero attached hydrogens (tertiary/aromatic N) is 2. The minimum absolute atomic E-state index is 0.0215. The zero-order chi connectivity index (χ0) is 21.0. The number of halogens is 1. The van der Waals surface area contributed by atoms with Gasteiger partial charge in [-0.05, 0) is 36.4 Å². The first-order valence-corrected chi connectivity index (χ1v) is 10.2. The molecule has 0 bridgehead atoms. The first-order valence-electron chi connectivity index (χ1n) is 8.16. The highest BCUT2D eigenvalue weighted by Crippen LogP contribution is 2.29. The van der Waals surface area contributed by atoms with E-state index in [2.05, 4.69) is 15.5 Å². The molecule has 1 amide bonds. The average Bonchev–Trinajstić information content (AvgIpc) is 3.15. The summed E-state index contributed by atoms with van der Waals surface area (Å²) in [5, 5.41) is 10.2. The minimum atomic E-state index is -3.85. The highest BCUT2D eigenvalue weighted by molar-refractivity contribution is 7.92. The van der Waals surface area contributed by atoms with Crippen molar-refractivity contribution < 1.29 is 27.1 Å². The van der Waals surface area contributed by atoms with Crippen LogP contribution in [0.5, 0.6) is 11.5 Å². The van der Waals surface area contributed by atoms with Crippen LogP contribution in [-0.4, -0.2) is 44.5 Å². The number of rotatable bonds is 7. The van der Waals surface area contributed by atoms with Gasteiger partial charge in [0.1, 0.15) is 17.3 Å². The second kappa shape index (κ2) is 8.50. The predicted octanol–water partition coefficient (Wildman–Crippen LogP) is 2.82. The quantitative estimate of drug-likeness (QED) is 0.599. The molecule has 0 aliphatic rings. The Balaban J connectivity index is 1.73. The van der Waals surface area contributed by atoms with Gasteiger partial charge in [0.25, 0.3) is 0 Å². The topological polar surface area (TPSA) is 121 Å². The third kappa shape index (κ3) is 5.04. The fourth-order valence-electron chi connectivity index (χ4n) is 2.37. The molecule has 2 aromatic carbocycles.